The predicted octanol–water partition coefficient (Wildman–Crippen LogP) is 11.1. The van der Waals surface area contributed by atoms with Crippen LogP contribution in [0.5, 0.6) is 0 Å². The number of rotatable bonds is 3. The third-order valence-electron chi connectivity index (χ3n) is 11.4. The molecule has 3 aliphatic rings. The highest BCUT2D eigenvalue weighted by Crippen LogP contribution is 2.61. The molecule has 0 spiro atoms. The molecule has 7 aromatic rings. The van der Waals surface area contributed by atoms with E-state index in [1.807, 2.05) is 18.2 Å². The number of furan rings is 1. The minimum absolute atomic E-state index is 0.121. The van der Waals surface area contributed by atoms with Crippen LogP contribution in [0.2, 0.25) is 0 Å². The Kier molecular flexibility index (Phi) is 5.77. The van der Waals surface area contributed by atoms with Crippen molar-refractivity contribution in [1.29, 1.82) is 0 Å². The first kappa shape index (κ1) is 28.4. The molecule has 49 heavy (non-hydrogen) atoms. The van der Waals surface area contributed by atoms with Gasteiger partial charge in [-0.2, -0.15) is 0 Å². The van der Waals surface area contributed by atoms with E-state index in [1.54, 1.807) is 0 Å². The maximum absolute atomic E-state index is 6.38. The summed E-state index contributed by atoms with van der Waals surface area (Å²) in [6.45, 7) is 9.38. The number of para-hydroxylation sites is 1. The number of benzene rings is 5. The lowest BCUT2D eigenvalue weighted by Gasteiger charge is -2.32. The molecule has 10 rings (SSSR count). The standard InChI is InChI=1S/C45H35N3O/c1-44(2)33-18-10-8-15-28(33)29-22-21-27(25-35(29)44)42-46-41(26-13-6-5-7-14-26)47-43(48-42)32-17-12-19-34-38(32)31-23-24-37-39(40(31)45(34,3)4)30-16-9-11-20-36(30)49-37/h5-25,31,40H,1-4H3. The fraction of sp³-hybridized carbons (Fsp3) is 0.178. The van der Waals surface area contributed by atoms with Gasteiger partial charge in [0.05, 0.1) is 0 Å². The van der Waals surface area contributed by atoms with Gasteiger partial charge >= 0.3 is 0 Å². The highest BCUT2D eigenvalue weighted by molar-refractivity contribution is 5.88. The molecule has 0 aliphatic heterocycles. The van der Waals surface area contributed by atoms with Crippen LogP contribution in [0.3, 0.4) is 0 Å². The van der Waals surface area contributed by atoms with Crippen molar-refractivity contribution in [1.82, 2.24) is 15.0 Å². The van der Waals surface area contributed by atoms with E-state index in [0.717, 1.165) is 28.0 Å². The van der Waals surface area contributed by atoms with E-state index in [2.05, 4.69) is 137 Å². The Morgan fingerprint density at radius 3 is 2.08 bits per heavy atom. The van der Waals surface area contributed by atoms with Crippen molar-refractivity contribution in [3.05, 3.63) is 155 Å². The summed E-state index contributed by atoms with van der Waals surface area (Å²) in [4.78, 5) is 15.7. The van der Waals surface area contributed by atoms with Gasteiger partial charge in [0.2, 0.25) is 0 Å². The summed E-state index contributed by atoms with van der Waals surface area (Å²) >= 11 is 0. The summed E-state index contributed by atoms with van der Waals surface area (Å²) < 4.78 is 6.38. The Morgan fingerprint density at radius 2 is 1.22 bits per heavy atom. The van der Waals surface area contributed by atoms with Crippen molar-refractivity contribution >= 4 is 17.0 Å². The molecular formula is C45H35N3O. The summed E-state index contributed by atoms with van der Waals surface area (Å²) in [6.07, 6.45) is 4.52. The van der Waals surface area contributed by atoms with Gasteiger partial charge in [-0.15, -0.1) is 0 Å². The molecule has 4 heteroatoms. The zero-order valence-corrected chi connectivity index (χ0v) is 28.0. The van der Waals surface area contributed by atoms with Crippen molar-refractivity contribution in [2.24, 2.45) is 0 Å². The molecule has 0 saturated heterocycles. The van der Waals surface area contributed by atoms with Crippen LogP contribution in [-0.4, -0.2) is 15.0 Å². The topological polar surface area (TPSA) is 51.8 Å². The Labute approximate surface area is 286 Å². The number of nitrogens with zero attached hydrogens (tertiary/aromatic N) is 3. The molecule has 2 aromatic heterocycles. The third-order valence-corrected chi connectivity index (χ3v) is 11.4. The summed E-state index contributed by atoms with van der Waals surface area (Å²) in [5, 5.41) is 1.20. The first-order valence-corrected chi connectivity index (χ1v) is 17.2. The summed E-state index contributed by atoms with van der Waals surface area (Å²) in [7, 11) is 0. The number of hydrogen-bond donors (Lipinski definition) is 0. The van der Waals surface area contributed by atoms with E-state index in [9.17, 15) is 0 Å². The summed E-state index contributed by atoms with van der Waals surface area (Å²) in [5.74, 6) is 3.43. The van der Waals surface area contributed by atoms with Crippen molar-refractivity contribution in [2.75, 3.05) is 0 Å². The second-order valence-corrected chi connectivity index (χ2v) is 14.8. The molecule has 236 valence electrons. The Hall–Kier alpha value is -5.61. The van der Waals surface area contributed by atoms with E-state index in [1.165, 1.54) is 44.3 Å². The van der Waals surface area contributed by atoms with E-state index >= 15 is 0 Å². The van der Waals surface area contributed by atoms with Crippen LogP contribution in [0.1, 0.15) is 73.1 Å². The first-order chi connectivity index (χ1) is 23.8. The molecule has 0 radical (unpaired) electrons. The quantitative estimate of drug-likeness (QED) is 0.194. The molecule has 0 saturated carbocycles. The predicted molar refractivity (Wildman–Crippen MR) is 197 cm³/mol. The third kappa shape index (κ3) is 3.95. The molecule has 2 heterocycles. The normalized spacial score (nSPS) is 18.9. The van der Waals surface area contributed by atoms with E-state index in [0.29, 0.717) is 17.5 Å². The monoisotopic (exact) mass is 633 g/mol. The second kappa shape index (κ2) is 9.96. The zero-order chi connectivity index (χ0) is 33.1. The van der Waals surface area contributed by atoms with E-state index in [-0.39, 0.29) is 22.7 Å². The van der Waals surface area contributed by atoms with Gasteiger partial charge in [0.15, 0.2) is 17.5 Å². The van der Waals surface area contributed by atoms with Crippen LogP contribution in [0.25, 0.3) is 62.3 Å². The molecule has 5 aromatic carbocycles. The smallest absolute Gasteiger partial charge is 0.164 e. The zero-order valence-electron chi connectivity index (χ0n) is 28.0. The lowest BCUT2D eigenvalue weighted by molar-refractivity contribution is 0.419. The lowest BCUT2D eigenvalue weighted by Crippen LogP contribution is -2.25. The average Bonchev–Trinajstić information content (AvgIpc) is 3.71. The van der Waals surface area contributed by atoms with Gasteiger partial charge in [-0.1, -0.05) is 137 Å². The lowest BCUT2D eigenvalue weighted by atomic mass is 9.69. The number of fused-ring (bicyclic) bond motifs is 10. The number of aromatic nitrogens is 3. The number of hydrogen-bond acceptors (Lipinski definition) is 4. The van der Waals surface area contributed by atoms with Crippen LogP contribution in [0.4, 0.5) is 0 Å². The molecular weight excluding hydrogens is 599 g/mol. The van der Waals surface area contributed by atoms with Gasteiger partial charge in [-0.25, -0.2) is 15.0 Å². The highest BCUT2D eigenvalue weighted by atomic mass is 16.3. The fourth-order valence-corrected chi connectivity index (χ4v) is 9.12. The molecule has 2 unspecified atom stereocenters. The van der Waals surface area contributed by atoms with Gasteiger partial charge in [0.25, 0.3) is 0 Å². The molecule has 0 N–H and O–H groups in total. The number of allylic oxidation sites excluding steroid dienone is 1. The maximum Gasteiger partial charge on any atom is 0.164 e. The van der Waals surface area contributed by atoms with Crippen LogP contribution in [0, 0.1) is 0 Å². The van der Waals surface area contributed by atoms with E-state index < -0.39 is 0 Å². The first-order valence-electron chi connectivity index (χ1n) is 17.2. The van der Waals surface area contributed by atoms with Crippen molar-refractivity contribution in [3.8, 4) is 45.3 Å². The average molecular weight is 634 g/mol. The summed E-state index contributed by atoms with van der Waals surface area (Å²) in [6, 6.07) is 40.9. The minimum atomic E-state index is -0.138. The maximum atomic E-state index is 6.38. The molecule has 2 atom stereocenters. The van der Waals surface area contributed by atoms with Gasteiger partial charge in [-0.3, -0.25) is 0 Å². The van der Waals surface area contributed by atoms with Crippen molar-refractivity contribution in [2.45, 2.75) is 50.4 Å². The Morgan fingerprint density at radius 1 is 0.551 bits per heavy atom. The van der Waals surface area contributed by atoms with Crippen molar-refractivity contribution < 1.29 is 4.42 Å². The fourth-order valence-electron chi connectivity index (χ4n) is 9.12. The minimum Gasteiger partial charge on any atom is -0.456 e. The van der Waals surface area contributed by atoms with Gasteiger partial charge in [0.1, 0.15) is 11.3 Å². The van der Waals surface area contributed by atoms with Gasteiger partial charge in [-0.05, 0) is 57.0 Å². The van der Waals surface area contributed by atoms with Gasteiger partial charge in [0, 0.05) is 44.9 Å². The molecule has 0 amide bonds. The Bertz CT molecular complexity index is 2520. The second-order valence-electron chi connectivity index (χ2n) is 14.8. The molecule has 0 fully saturated rings. The van der Waals surface area contributed by atoms with E-state index in [4.69, 9.17) is 19.4 Å². The highest BCUT2D eigenvalue weighted by Gasteiger charge is 2.50. The van der Waals surface area contributed by atoms with Crippen LogP contribution < -0.4 is 0 Å². The van der Waals surface area contributed by atoms with Crippen LogP contribution >= 0.6 is 0 Å². The molecule has 3 aliphatic carbocycles. The van der Waals surface area contributed by atoms with Crippen LogP contribution in [0.15, 0.2) is 126 Å². The largest absolute Gasteiger partial charge is 0.456 e. The van der Waals surface area contributed by atoms with Crippen LogP contribution in [-0.2, 0) is 10.8 Å². The molecule has 0 bridgehead atoms. The SMILES string of the molecule is CC1(C)c2ccccc2-c2ccc(-c3nc(-c4ccccc4)nc(-c4cccc5c4C4C=Cc6oc7ccccc7c6C4C5(C)C)n3)cc21. The van der Waals surface area contributed by atoms with Crippen molar-refractivity contribution in [3.63, 3.8) is 0 Å². The Balaban J connectivity index is 1.17. The molecule has 4 nitrogen and oxygen atoms in total. The van der Waals surface area contributed by atoms with Gasteiger partial charge < -0.3 is 4.42 Å². The summed E-state index contributed by atoms with van der Waals surface area (Å²) in [5.41, 5.74) is 12.9.